The second-order valence-electron chi connectivity index (χ2n) is 5.54. The molecule has 0 atom stereocenters. The summed E-state index contributed by atoms with van der Waals surface area (Å²) >= 11 is 6.30. The van der Waals surface area contributed by atoms with Crippen LogP contribution in [0.25, 0.3) is 5.70 Å². The number of thioether (sulfide) groups is 1. The largest absolute Gasteiger partial charge is 0.307 e. The number of benzene rings is 2. The number of hydrogen-bond acceptors (Lipinski definition) is 4. The minimum atomic E-state index is -0.262. The number of rotatable bonds is 1. The van der Waals surface area contributed by atoms with Crippen LogP contribution in [0.1, 0.15) is 21.5 Å². The summed E-state index contributed by atoms with van der Waals surface area (Å²) in [5.41, 5.74) is 3.78. The van der Waals surface area contributed by atoms with Crippen molar-refractivity contribution in [3.8, 4) is 0 Å². The Bertz CT molecular complexity index is 932. The summed E-state index contributed by atoms with van der Waals surface area (Å²) in [5.74, 6) is -0.398. The molecule has 6 heteroatoms. The third kappa shape index (κ3) is 2.26. The van der Waals surface area contributed by atoms with Gasteiger partial charge in [-0.25, -0.2) is 0 Å². The highest BCUT2D eigenvalue weighted by molar-refractivity contribution is 8.26. The molecule has 0 spiro atoms. The van der Waals surface area contributed by atoms with Gasteiger partial charge in [-0.15, -0.1) is 0 Å². The molecule has 0 unspecified atom stereocenters. The van der Waals surface area contributed by atoms with Crippen molar-refractivity contribution in [3.63, 3.8) is 0 Å². The molecule has 24 heavy (non-hydrogen) atoms. The van der Waals surface area contributed by atoms with Crippen molar-refractivity contribution in [2.24, 2.45) is 0 Å². The Balaban J connectivity index is 1.97. The quantitative estimate of drug-likeness (QED) is 0.631. The van der Waals surface area contributed by atoms with Gasteiger partial charge < -0.3 is 5.32 Å². The van der Waals surface area contributed by atoms with Crippen LogP contribution in [0.5, 0.6) is 0 Å². The first kappa shape index (κ1) is 15.1. The van der Waals surface area contributed by atoms with Crippen molar-refractivity contribution < 1.29 is 9.59 Å². The third-order valence-corrected chi connectivity index (χ3v) is 5.19. The number of aryl methyl sites for hydroxylation is 1. The maximum Gasteiger partial charge on any atom is 0.265 e. The molecule has 2 aromatic carbocycles. The normalized spacial score (nSPS) is 19.7. The van der Waals surface area contributed by atoms with E-state index in [4.69, 9.17) is 12.2 Å². The Kier molecular flexibility index (Phi) is 3.51. The fraction of sp³-hybridized carbons (Fsp3) is 0.0556. The summed E-state index contributed by atoms with van der Waals surface area (Å²) in [6.07, 6.45) is 0. The van der Waals surface area contributed by atoms with Gasteiger partial charge in [0, 0.05) is 16.8 Å². The fourth-order valence-electron chi connectivity index (χ4n) is 2.85. The lowest BCUT2D eigenvalue weighted by molar-refractivity contribution is -0.115. The molecule has 2 heterocycles. The Morgan fingerprint density at radius 2 is 1.67 bits per heavy atom. The third-order valence-electron chi connectivity index (χ3n) is 3.96. The molecule has 4 rings (SSSR count). The van der Waals surface area contributed by atoms with Crippen molar-refractivity contribution in [1.82, 2.24) is 5.32 Å². The van der Waals surface area contributed by atoms with E-state index >= 15 is 0 Å². The molecule has 2 aromatic rings. The minimum absolute atomic E-state index is 0.136. The standard InChI is InChI=1S/C18H12N2O2S2/c1-10-6-8-11(9-7-10)20-14(15-16(21)19-18(23)24-15)12-4-2-3-5-13(12)17(20)22/h2-9H,1H3,(H,19,21,23)/b15-14+. The number of amides is 2. The monoisotopic (exact) mass is 352 g/mol. The van der Waals surface area contributed by atoms with Crippen LogP contribution >= 0.6 is 24.0 Å². The zero-order valence-corrected chi connectivity index (χ0v) is 14.3. The zero-order chi connectivity index (χ0) is 16.8. The highest BCUT2D eigenvalue weighted by Gasteiger charge is 2.39. The summed E-state index contributed by atoms with van der Waals surface area (Å²) in [7, 11) is 0. The van der Waals surface area contributed by atoms with Gasteiger partial charge in [-0.05, 0) is 25.1 Å². The molecule has 0 radical (unpaired) electrons. The second-order valence-corrected chi connectivity index (χ2v) is 7.23. The van der Waals surface area contributed by atoms with Gasteiger partial charge >= 0.3 is 0 Å². The Labute approximate surface area is 148 Å². The number of carbonyl (C=O) groups is 2. The molecular formula is C18H12N2O2S2. The number of fused-ring (bicyclic) bond motifs is 1. The molecule has 0 saturated carbocycles. The molecule has 1 N–H and O–H groups in total. The van der Waals surface area contributed by atoms with Crippen LogP contribution in [0.15, 0.2) is 53.4 Å². The summed E-state index contributed by atoms with van der Waals surface area (Å²) in [5, 5.41) is 2.63. The maximum absolute atomic E-state index is 13.0. The van der Waals surface area contributed by atoms with E-state index in [2.05, 4.69) is 5.32 Å². The SMILES string of the molecule is Cc1ccc(N2C(=O)c3ccccc3/C2=C2\SC(=S)NC2=O)cc1. The Morgan fingerprint density at radius 1 is 1.00 bits per heavy atom. The van der Waals surface area contributed by atoms with Crippen molar-refractivity contribution in [3.05, 3.63) is 70.1 Å². The van der Waals surface area contributed by atoms with E-state index in [1.165, 1.54) is 11.8 Å². The first-order valence-electron chi connectivity index (χ1n) is 7.34. The molecule has 1 saturated heterocycles. The van der Waals surface area contributed by atoms with Crippen LogP contribution in [0.2, 0.25) is 0 Å². The average Bonchev–Trinajstić information content (AvgIpc) is 3.05. The predicted molar refractivity (Wildman–Crippen MR) is 99.7 cm³/mol. The molecule has 1 fully saturated rings. The number of carbonyl (C=O) groups excluding carboxylic acids is 2. The zero-order valence-electron chi connectivity index (χ0n) is 12.7. The summed E-state index contributed by atoms with van der Waals surface area (Å²) in [4.78, 5) is 27.3. The topological polar surface area (TPSA) is 49.4 Å². The summed E-state index contributed by atoms with van der Waals surface area (Å²) in [6, 6.07) is 15.0. The van der Waals surface area contributed by atoms with Crippen LogP contribution in [0.4, 0.5) is 5.69 Å². The van der Waals surface area contributed by atoms with Gasteiger partial charge in [0.1, 0.15) is 9.23 Å². The van der Waals surface area contributed by atoms with Crippen molar-refractivity contribution in [2.45, 2.75) is 6.92 Å². The van der Waals surface area contributed by atoms with E-state index < -0.39 is 0 Å². The number of nitrogens with zero attached hydrogens (tertiary/aromatic N) is 1. The van der Waals surface area contributed by atoms with Crippen LogP contribution < -0.4 is 10.2 Å². The number of anilines is 1. The first-order chi connectivity index (χ1) is 11.6. The molecule has 2 aliphatic rings. The Hall–Kier alpha value is -2.44. The molecule has 118 valence electrons. The van der Waals surface area contributed by atoms with Gasteiger partial charge in [-0.2, -0.15) is 0 Å². The van der Waals surface area contributed by atoms with Gasteiger partial charge in [0.15, 0.2) is 0 Å². The van der Waals surface area contributed by atoms with Crippen molar-refractivity contribution in [1.29, 1.82) is 0 Å². The van der Waals surface area contributed by atoms with Gasteiger partial charge in [0.05, 0.1) is 5.70 Å². The van der Waals surface area contributed by atoms with E-state index in [1.54, 1.807) is 11.0 Å². The minimum Gasteiger partial charge on any atom is -0.307 e. The van der Waals surface area contributed by atoms with E-state index in [0.29, 0.717) is 20.5 Å². The van der Waals surface area contributed by atoms with Crippen LogP contribution in [-0.2, 0) is 4.79 Å². The summed E-state index contributed by atoms with van der Waals surface area (Å²) < 4.78 is 0.406. The van der Waals surface area contributed by atoms with Gasteiger partial charge in [-0.3, -0.25) is 14.5 Å². The molecule has 2 amide bonds. The van der Waals surface area contributed by atoms with Crippen molar-refractivity contribution >= 4 is 51.5 Å². The molecule has 4 nitrogen and oxygen atoms in total. The van der Waals surface area contributed by atoms with Crippen molar-refractivity contribution in [2.75, 3.05) is 4.90 Å². The van der Waals surface area contributed by atoms with E-state index in [9.17, 15) is 9.59 Å². The highest BCUT2D eigenvalue weighted by Crippen LogP contribution is 2.42. The lowest BCUT2D eigenvalue weighted by atomic mass is 10.1. The molecular weight excluding hydrogens is 340 g/mol. The molecule has 2 aliphatic heterocycles. The fourth-order valence-corrected chi connectivity index (χ4v) is 3.97. The number of thiocarbonyl (C=S) groups is 1. The lowest BCUT2D eigenvalue weighted by Crippen LogP contribution is -2.25. The van der Waals surface area contributed by atoms with E-state index in [-0.39, 0.29) is 11.8 Å². The van der Waals surface area contributed by atoms with Crippen LogP contribution in [0, 0.1) is 6.92 Å². The highest BCUT2D eigenvalue weighted by atomic mass is 32.2. The van der Waals surface area contributed by atoms with E-state index in [1.807, 2.05) is 49.4 Å². The van der Waals surface area contributed by atoms with Crippen LogP contribution in [-0.4, -0.2) is 16.1 Å². The second kappa shape index (κ2) is 5.58. The maximum atomic E-state index is 13.0. The lowest BCUT2D eigenvalue weighted by Gasteiger charge is -2.19. The smallest absolute Gasteiger partial charge is 0.265 e. The summed E-state index contributed by atoms with van der Waals surface area (Å²) in [6.45, 7) is 1.99. The average molecular weight is 352 g/mol. The van der Waals surface area contributed by atoms with E-state index in [0.717, 1.165) is 16.8 Å². The predicted octanol–water partition coefficient (Wildman–Crippen LogP) is 3.47. The van der Waals surface area contributed by atoms with Crippen LogP contribution in [0.3, 0.4) is 0 Å². The molecule has 0 bridgehead atoms. The molecule has 0 aromatic heterocycles. The first-order valence-corrected chi connectivity index (χ1v) is 8.56. The van der Waals surface area contributed by atoms with Gasteiger partial charge in [0.25, 0.3) is 11.8 Å². The Morgan fingerprint density at radius 3 is 2.29 bits per heavy atom. The number of hydrogen-bond donors (Lipinski definition) is 1. The van der Waals surface area contributed by atoms with Gasteiger partial charge in [-0.1, -0.05) is 59.9 Å². The number of nitrogens with one attached hydrogen (secondary N) is 1. The molecule has 0 aliphatic carbocycles. The van der Waals surface area contributed by atoms with Gasteiger partial charge in [0.2, 0.25) is 0 Å².